The molecule has 0 fully saturated rings. The number of carbonyl (C=O) groups is 2. The number of hydrogen-bond acceptors (Lipinski definition) is 3. The summed E-state index contributed by atoms with van der Waals surface area (Å²) in [5.41, 5.74) is -0.322. The highest BCUT2D eigenvalue weighted by atomic mass is 19.1. The fourth-order valence-corrected chi connectivity index (χ4v) is 1.29. The van der Waals surface area contributed by atoms with E-state index in [1.165, 1.54) is 6.92 Å². The Balaban J connectivity index is 3.16. The number of hydrogen-bond donors (Lipinski definition) is 0. The van der Waals surface area contributed by atoms with Crippen molar-refractivity contribution in [2.75, 3.05) is 6.61 Å². The molecule has 0 aromatic heterocycles. The summed E-state index contributed by atoms with van der Waals surface area (Å²) < 4.78 is 30.8. The fraction of sp³-hybridized carbons (Fsp3) is 0.231. The molecule has 0 aliphatic carbocycles. The maximum absolute atomic E-state index is 13.4. The molecule has 0 aliphatic heterocycles. The van der Waals surface area contributed by atoms with Gasteiger partial charge < -0.3 is 4.74 Å². The minimum Gasteiger partial charge on any atom is -0.462 e. The van der Waals surface area contributed by atoms with Gasteiger partial charge in [-0.15, -0.1) is 0 Å². The molecule has 0 aliphatic rings. The second kappa shape index (κ2) is 6.05. The van der Waals surface area contributed by atoms with Crippen molar-refractivity contribution in [1.29, 1.82) is 0 Å². The Kier molecular flexibility index (Phi) is 4.71. The standard InChI is InChI=1S/C13H12F2O3/c1-3-18-13(17)11(8(2)16)6-9-4-5-10(14)7-12(9)15/h4-7H,3H2,1-2H3/b11-6+. The summed E-state index contributed by atoms with van der Waals surface area (Å²) in [6.07, 6.45) is 1.05. The first-order valence-electron chi connectivity index (χ1n) is 5.30. The van der Waals surface area contributed by atoms with Crippen molar-refractivity contribution in [2.24, 2.45) is 0 Å². The van der Waals surface area contributed by atoms with Crippen LogP contribution in [0.2, 0.25) is 0 Å². The SMILES string of the molecule is CCOC(=O)/C(=C/c1ccc(F)cc1F)C(C)=O. The lowest BCUT2D eigenvalue weighted by Crippen LogP contribution is -2.13. The van der Waals surface area contributed by atoms with Gasteiger partial charge in [0.25, 0.3) is 0 Å². The molecule has 0 unspecified atom stereocenters. The average molecular weight is 254 g/mol. The number of rotatable bonds is 4. The van der Waals surface area contributed by atoms with Gasteiger partial charge in [0.1, 0.15) is 17.2 Å². The van der Waals surface area contributed by atoms with Crippen LogP contribution in [-0.4, -0.2) is 18.4 Å². The molecule has 1 aromatic rings. The highest BCUT2D eigenvalue weighted by Gasteiger charge is 2.16. The Morgan fingerprint density at radius 3 is 2.50 bits per heavy atom. The quantitative estimate of drug-likeness (QED) is 0.359. The Hall–Kier alpha value is -2.04. The molecule has 5 heteroatoms. The van der Waals surface area contributed by atoms with Crippen molar-refractivity contribution in [3.8, 4) is 0 Å². The molecular formula is C13H12F2O3. The van der Waals surface area contributed by atoms with E-state index in [0.717, 1.165) is 18.2 Å². The van der Waals surface area contributed by atoms with Gasteiger partial charge in [-0.1, -0.05) is 0 Å². The van der Waals surface area contributed by atoms with Crippen LogP contribution in [0.3, 0.4) is 0 Å². The molecule has 3 nitrogen and oxygen atoms in total. The number of carbonyl (C=O) groups excluding carboxylic acids is 2. The Bertz CT molecular complexity index is 507. The smallest absolute Gasteiger partial charge is 0.341 e. The van der Waals surface area contributed by atoms with Crippen molar-refractivity contribution in [2.45, 2.75) is 13.8 Å². The molecule has 0 atom stereocenters. The van der Waals surface area contributed by atoms with Gasteiger partial charge in [-0.2, -0.15) is 0 Å². The Morgan fingerprint density at radius 2 is 2.00 bits per heavy atom. The van der Waals surface area contributed by atoms with Crippen molar-refractivity contribution in [3.05, 3.63) is 41.0 Å². The van der Waals surface area contributed by atoms with E-state index in [-0.39, 0.29) is 17.7 Å². The molecule has 0 saturated carbocycles. The number of halogens is 2. The van der Waals surface area contributed by atoms with Crippen LogP contribution >= 0.6 is 0 Å². The van der Waals surface area contributed by atoms with Crippen LogP contribution in [-0.2, 0) is 14.3 Å². The van der Waals surface area contributed by atoms with Crippen molar-refractivity contribution >= 4 is 17.8 Å². The summed E-state index contributed by atoms with van der Waals surface area (Å²) in [7, 11) is 0. The van der Waals surface area contributed by atoms with Crippen LogP contribution in [0.15, 0.2) is 23.8 Å². The van der Waals surface area contributed by atoms with Crippen LogP contribution in [0.5, 0.6) is 0 Å². The van der Waals surface area contributed by atoms with Gasteiger partial charge in [0.2, 0.25) is 0 Å². The Morgan fingerprint density at radius 1 is 1.33 bits per heavy atom. The maximum atomic E-state index is 13.4. The third-order valence-corrected chi connectivity index (χ3v) is 2.14. The number of benzene rings is 1. The first-order chi connectivity index (χ1) is 8.45. The summed E-state index contributed by atoms with van der Waals surface area (Å²) in [6, 6.07) is 2.86. The molecule has 1 aromatic carbocycles. The average Bonchev–Trinajstić information content (AvgIpc) is 2.27. The van der Waals surface area contributed by atoms with Gasteiger partial charge in [0.15, 0.2) is 5.78 Å². The molecule has 0 amide bonds. The van der Waals surface area contributed by atoms with E-state index in [1.54, 1.807) is 6.92 Å². The predicted molar refractivity (Wildman–Crippen MR) is 61.6 cm³/mol. The summed E-state index contributed by atoms with van der Waals surface area (Å²) >= 11 is 0. The normalized spacial score (nSPS) is 11.2. The second-order valence-corrected chi connectivity index (χ2v) is 3.50. The summed E-state index contributed by atoms with van der Waals surface area (Å²) in [5, 5.41) is 0. The van der Waals surface area contributed by atoms with Gasteiger partial charge in [-0.25, -0.2) is 13.6 Å². The van der Waals surface area contributed by atoms with E-state index in [1.807, 2.05) is 0 Å². The van der Waals surface area contributed by atoms with E-state index in [2.05, 4.69) is 4.74 Å². The molecule has 0 saturated heterocycles. The largest absolute Gasteiger partial charge is 0.462 e. The van der Waals surface area contributed by atoms with Crippen molar-refractivity contribution in [1.82, 2.24) is 0 Å². The van der Waals surface area contributed by atoms with E-state index in [4.69, 9.17) is 0 Å². The van der Waals surface area contributed by atoms with Crippen LogP contribution in [0.25, 0.3) is 6.08 Å². The predicted octanol–water partition coefficient (Wildman–Crippen LogP) is 2.50. The lowest BCUT2D eigenvalue weighted by atomic mass is 10.1. The van der Waals surface area contributed by atoms with Crippen LogP contribution in [0, 0.1) is 11.6 Å². The lowest BCUT2D eigenvalue weighted by molar-refractivity contribution is -0.139. The molecular weight excluding hydrogens is 242 g/mol. The molecule has 18 heavy (non-hydrogen) atoms. The number of Topliss-reactive ketones (excluding diaryl/α,β-unsaturated/α-hetero) is 1. The highest BCUT2D eigenvalue weighted by Crippen LogP contribution is 2.15. The molecule has 0 bridgehead atoms. The van der Waals surface area contributed by atoms with Crippen LogP contribution in [0.4, 0.5) is 8.78 Å². The topological polar surface area (TPSA) is 43.4 Å². The molecule has 96 valence electrons. The number of ketones is 1. The highest BCUT2D eigenvalue weighted by molar-refractivity contribution is 6.19. The first-order valence-corrected chi connectivity index (χ1v) is 5.30. The second-order valence-electron chi connectivity index (χ2n) is 3.50. The first kappa shape index (κ1) is 14.0. The van der Waals surface area contributed by atoms with E-state index in [0.29, 0.717) is 6.07 Å². The molecule has 1 rings (SSSR count). The van der Waals surface area contributed by atoms with E-state index < -0.39 is 23.4 Å². The maximum Gasteiger partial charge on any atom is 0.341 e. The summed E-state index contributed by atoms with van der Waals surface area (Å²) in [6.45, 7) is 2.87. The molecule has 0 radical (unpaired) electrons. The monoisotopic (exact) mass is 254 g/mol. The van der Waals surface area contributed by atoms with Crippen molar-refractivity contribution in [3.63, 3.8) is 0 Å². The van der Waals surface area contributed by atoms with Gasteiger partial charge in [-0.3, -0.25) is 4.79 Å². The zero-order valence-electron chi connectivity index (χ0n) is 10.00. The van der Waals surface area contributed by atoms with Crippen molar-refractivity contribution < 1.29 is 23.1 Å². The van der Waals surface area contributed by atoms with Crippen LogP contribution < -0.4 is 0 Å². The van der Waals surface area contributed by atoms with Crippen LogP contribution in [0.1, 0.15) is 19.4 Å². The molecule has 0 spiro atoms. The van der Waals surface area contributed by atoms with E-state index >= 15 is 0 Å². The minimum absolute atomic E-state index is 0.0466. The molecule has 0 heterocycles. The van der Waals surface area contributed by atoms with Gasteiger partial charge in [0.05, 0.1) is 6.61 Å². The molecule has 0 N–H and O–H groups in total. The third-order valence-electron chi connectivity index (χ3n) is 2.14. The third kappa shape index (κ3) is 3.48. The lowest BCUT2D eigenvalue weighted by Gasteiger charge is -2.04. The Labute approximate surface area is 103 Å². The summed E-state index contributed by atoms with van der Waals surface area (Å²) in [4.78, 5) is 22.7. The van der Waals surface area contributed by atoms with E-state index in [9.17, 15) is 18.4 Å². The number of ether oxygens (including phenoxy) is 1. The minimum atomic E-state index is -0.849. The zero-order valence-corrected chi connectivity index (χ0v) is 10.00. The zero-order chi connectivity index (χ0) is 13.7. The fourth-order valence-electron chi connectivity index (χ4n) is 1.29. The summed E-state index contributed by atoms with van der Waals surface area (Å²) in [5.74, 6) is -2.95. The number of esters is 1. The van der Waals surface area contributed by atoms with Gasteiger partial charge in [0, 0.05) is 11.6 Å². The van der Waals surface area contributed by atoms with Gasteiger partial charge >= 0.3 is 5.97 Å². The van der Waals surface area contributed by atoms with Gasteiger partial charge in [-0.05, 0) is 32.1 Å².